The van der Waals surface area contributed by atoms with E-state index in [1.807, 2.05) is 0 Å². The zero-order valence-electron chi connectivity index (χ0n) is 37.8. The third kappa shape index (κ3) is 14.2. The summed E-state index contributed by atoms with van der Waals surface area (Å²) in [5, 5.41) is 0. The number of carbonyl (C=O) groups is 3. The molecule has 0 atom stereocenters. The van der Waals surface area contributed by atoms with Gasteiger partial charge in [0.1, 0.15) is 12.2 Å². The molecule has 0 aliphatic carbocycles. The normalized spacial score (nSPS) is 24.1. The van der Waals surface area contributed by atoms with Crippen molar-refractivity contribution >= 4 is 17.9 Å². The molecule has 0 radical (unpaired) electrons. The smallest absolute Gasteiger partial charge is 0.333 e. The van der Waals surface area contributed by atoms with E-state index in [9.17, 15) is 14.4 Å². The summed E-state index contributed by atoms with van der Waals surface area (Å²) < 4.78 is 17.0. The fourth-order valence-corrected chi connectivity index (χ4v) is 9.47. The molecular weight excluding hydrogens is 679 g/mol. The van der Waals surface area contributed by atoms with E-state index in [2.05, 4.69) is 126 Å². The van der Waals surface area contributed by atoms with Crippen LogP contribution in [-0.4, -0.2) is 106 Å². The van der Waals surface area contributed by atoms with Gasteiger partial charge in [-0.25, -0.2) is 4.79 Å². The summed E-state index contributed by atoms with van der Waals surface area (Å²) in [6, 6.07) is 0. The van der Waals surface area contributed by atoms with Gasteiger partial charge in [-0.1, -0.05) is 32.3 Å². The van der Waals surface area contributed by atoms with E-state index in [4.69, 9.17) is 14.2 Å². The summed E-state index contributed by atoms with van der Waals surface area (Å²) in [6.07, 6.45) is 12.7. The average molecular weight is 762 g/mol. The van der Waals surface area contributed by atoms with Crippen molar-refractivity contribution in [1.29, 1.82) is 0 Å². The maximum absolute atomic E-state index is 12.4. The van der Waals surface area contributed by atoms with Gasteiger partial charge in [0, 0.05) is 77.3 Å². The van der Waals surface area contributed by atoms with E-state index < -0.39 is 0 Å². The Morgan fingerprint density at radius 3 is 1.09 bits per heavy atom. The number of unbranched alkanes of at least 4 members (excludes halogenated alkanes) is 5. The van der Waals surface area contributed by atoms with Crippen molar-refractivity contribution < 1.29 is 28.6 Å². The van der Waals surface area contributed by atoms with Crippen molar-refractivity contribution in [1.82, 2.24) is 14.7 Å². The summed E-state index contributed by atoms with van der Waals surface area (Å²) in [7, 11) is 6.51. The molecule has 0 amide bonds. The molecule has 9 nitrogen and oxygen atoms in total. The molecule has 0 N–H and O–H groups in total. The molecule has 3 aliphatic heterocycles. The van der Waals surface area contributed by atoms with Gasteiger partial charge in [-0.3, -0.25) is 24.3 Å². The van der Waals surface area contributed by atoms with Crippen LogP contribution in [0.15, 0.2) is 12.2 Å². The average Bonchev–Trinajstić information content (AvgIpc) is 3.00. The Morgan fingerprint density at radius 1 is 0.519 bits per heavy atom. The Balaban J connectivity index is 0.000000469. The van der Waals surface area contributed by atoms with Crippen LogP contribution < -0.4 is 0 Å². The fourth-order valence-electron chi connectivity index (χ4n) is 9.47. The van der Waals surface area contributed by atoms with Gasteiger partial charge in [-0.2, -0.15) is 0 Å². The topological polar surface area (TPSA) is 88.6 Å². The quantitative estimate of drug-likeness (QED) is 0.0744. The van der Waals surface area contributed by atoms with Crippen LogP contribution in [0.4, 0.5) is 0 Å². The Bertz CT molecular complexity index is 1150. The van der Waals surface area contributed by atoms with E-state index in [0.29, 0.717) is 30.9 Å². The van der Waals surface area contributed by atoms with E-state index in [1.165, 1.54) is 0 Å². The lowest BCUT2D eigenvalue weighted by molar-refractivity contribution is -0.160. The molecule has 9 heteroatoms. The Labute approximate surface area is 331 Å². The Kier molecular flexibility index (Phi) is 16.9. The number of hydrogen-bond acceptors (Lipinski definition) is 9. The van der Waals surface area contributed by atoms with Crippen molar-refractivity contribution in [2.24, 2.45) is 5.92 Å². The minimum Gasteiger partial charge on any atom is -0.462 e. The zero-order valence-corrected chi connectivity index (χ0v) is 37.8. The SMILES string of the molecule is C=C(C)C(=O)OCC1CC(C)(C)N(C)C(C)(C)C1.CN1C(C)(C)CC(OC(=O)CCCCCCCCC(=O)OC2CC(C)(C)N(C)C(C)(C)C2)CC1(C)C. The summed E-state index contributed by atoms with van der Waals surface area (Å²) in [4.78, 5) is 43.5. The first-order chi connectivity index (χ1) is 24.5. The predicted octanol–water partition coefficient (Wildman–Crippen LogP) is 9.50. The monoisotopic (exact) mass is 762 g/mol. The van der Waals surface area contributed by atoms with Crippen molar-refractivity contribution in [3.8, 4) is 0 Å². The lowest BCUT2D eigenvalue weighted by atomic mass is 9.74. The standard InChI is InChI=1S/C30H56N2O4.C15H27NO2/c1-27(2)19-23(20-28(3,4)31(27)9)35-25(33)17-15-13-11-12-14-16-18-26(34)36-24-21-29(5,6)32(10)30(7,8)22-24;1-11(2)13(17)18-10-12-8-14(3,4)16(7)15(5,6)9-12/h23-24H,11-22H2,1-10H3;12H,1,8-10H2,2-7H3. The van der Waals surface area contributed by atoms with Crippen LogP contribution in [0, 0.1) is 5.92 Å². The largest absolute Gasteiger partial charge is 0.462 e. The number of piperidine rings is 3. The van der Waals surface area contributed by atoms with Gasteiger partial charge in [0.25, 0.3) is 0 Å². The molecule has 3 saturated heterocycles. The Hall–Kier alpha value is -1.97. The van der Waals surface area contributed by atoms with Crippen molar-refractivity contribution in [2.45, 2.75) is 225 Å². The number of hydrogen-bond donors (Lipinski definition) is 0. The van der Waals surface area contributed by atoms with Crippen LogP contribution in [0.2, 0.25) is 0 Å². The van der Waals surface area contributed by atoms with Gasteiger partial charge in [0.05, 0.1) is 6.61 Å². The minimum atomic E-state index is -0.274. The van der Waals surface area contributed by atoms with E-state index >= 15 is 0 Å². The number of carbonyl (C=O) groups excluding carboxylic acids is 3. The summed E-state index contributed by atoms with van der Waals surface area (Å²) in [5.74, 6) is 0.0392. The first kappa shape index (κ1) is 48.2. The van der Waals surface area contributed by atoms with Crippen LogP contribution in [0.3, 0.4) is 0 Å². The van der Waals surface area contributed by atoms with Gasteiger partial charge < -0.3 is 14.2 Å². The van der Waals surface area contributed by atoms with Crippen molar-refractivity contribution in [2.75, 3.05) is 27.7 Å². The maximum atomic E-state index is 12.4. The van der Waals surface area contributed by atoms with Gasteiger partial charge >= 0.3 is 17.9 Å². The van der Waals surface area contributed by atoms with Crippen LogP contribution in [0.5, 0.6) is 0 Å². The number of ether oxygens (including phenoxy) is 3. The highest BCUT2D eigenvalue weighted by Crippen LogP contribution is 2.41. The van der Waals surface area contributed by atoms with E-state index in [-0.39, 0.29) is 63.3 Å². The van der Waals surface area contributed by atoms with Crippen molar-refractivity contribution in [3.05, 3.63) is 12.2 Å². The van der Waals surface area contributed by atoms with Crippen LogP contribution in [0.25, 0.3) is 0 Å². The molecular formula is C45H83N3O6. The van der Waals surface area contributed by atoms with Gasteiger partial charge in [-0.15, -0.1) is 0 Å². The number of nitrogens with zero attached hydrogens (tertiary/aromatic N) is 3. The summed E-state index contributed by atoms with van der Waals surface area (Å²) in [6.45, 7) is 32.6. The molecule has 0 spiro atoms. The van der Waals surface area contributed by atoms with Crippen LogP contribution in [-0.2, 0) is 28.6 Å². The molecule has 0 aromatic heterocycles. The molecule has 3 aliphatic rings. The first-order valence-electron chi connectivity index (χ1n) is 21.0. The molecule has 0 unspecified atom stereocenters. The molecule has 3 rings (SSSR count). The van der Waals surface area contributed by atoms with Crippen LogP contribution >= 0.6 is 0 Å². The molecule has 0 aromatic rings. The lowest BCUT2D eigenvalue weighted by Crippen LogP contribution is -2.60. The minimum absolute atomic E-state index is 0.00474. The zero-order chi connectivity index (χ0) is 41.5. The fraction of sp³-hybridized carbons (Fsp3) is 0.889. The number of likely N-dealkylation sites (tertiary alicyclic amines) is 3. The summed E-state index contributed by atoms with van der Waals surface area (Å²) in [5.41, 5.74) is 0.864. The molecule has 3 heterocycles. The van der Waals surface area contributed by atoms with Crippen molar-refractivity contribution in [3.63, 3.8) is 0 Å². The van der Waals surface area contributed by atoms with E-state index in [1.54, 1.807) is 6.92 Å². The third-order valence-electron chi connectivity index (χ3n) is 13.3. The second-order valence-electron chi connectivity index (χ2n) is 20.9. The molecule has 0 bridgehead atoms. The highest BCUT2D eigenvalue weighted by molar-refractivity contribution is 5.86. The number of rotatable bonds is 14. The lowest BCUT2D eigenvalue weighted by Gasteiger charge is -2.53. The highest BCUT2D eigenvalue weighted by Gasteiger charge is 2.46. The van der Waals surface area contributed by atoms with Gasteiger partial charge in [0.2, 0.25) is 0 Å². The second-order valence-corrected chi connectivity index (χ2v) is 20.9. The van der Waals surface area contributed by atoms with Crippen LogP contribution in [0.1, 0.15) is 180 Å². The molecule has 314 valence electrons. The molecule has 0 saturated carbocycles. The molecule has 54 heavy (non-hydrogen) atoms. The van der Waals surface area contributed by atoms with Gasteiger partial charge in [-0.05, 0) is 143 Å². The maximum Gasteiger partial charge on any atom is 0.333 e. The molecule has 3 fully saturated rings. The Morgan fingerprint density at radius 2 is 0.796 bits per heavy atom. The highest BCUT2D eigenvalue weighted by atomic mass is 16.5. The predicted molar refractivity (Wildman–Crippen MR) is 221 cm³/mol. The van der Waals surface area contributed by atoms with Gasteiger partial charge in [0.15, 0.2) is 0 Å². The summed E-state index contributed by atoms with van der Waals surface area (Å²) >= 11 is 0. The van der Waals surface area contributed by atoms with E-state index in [0.717, 1.165) is 77.0 Å². The third-order valence-corrected chi connectivity index (χ3v) is 13.3. The second kappa shape index (κ2) is 19.0. The first-order valence-corrected chi connectivity index (χ1v) is 21.0. The molecule has 0 aromatic carbocycles. The number of esters is 3.